The van der Waals surface area contributed by atoms with Crippen LogP contribution in [-0.4, -0.2) is 87.2 Å². The molecule has 0 bridgehead atoms. The second kappa shape index (κ2) is 8.70. The topological polar surface area (TPSA) is 191 Å². The van der Waals surface area contributed by atoms with Gasteiger partial charge in [0.2, 0.25) is 5.91 Å². The van der Waals surface area contributed by atoms with Crippen LogP contribution in [0.15, 0.2) is 23.2 Å². The molecule has 3 rings (SSSR count). The maximum Gasteiger partial charge on any atom is 0.328 e. The number of carboxylic acids is 1. The molecule has 184 valence electrons. The molecule has 0 aromatic heterocycles. The summed E-state index contributed by atoms with van der Waals surface area (Å²) in [5, 5.41) is 29.8. The standard InChI is InChI=1S/C21H25N3O9S/c1-10(2)17(23-19(29)11-4-5-12(25)13(26)6-11)14(27)8-22-9-21(3)18(20(30)31)24-15(28)7-16(24)34(21,32)33/h4-6,9-10,16-18,25-26H,7-8H2,1-3H3,(H,23,29)(H,30,31)/t16-,17+,18+,21+/m1/s1. The molecule has 1 aromatic carbocycles. The van der Waals surface area contributed by atoms with Gasteiger partial charge in [-0.25, -0.2) is 13.2 Å². The number of nitrogens with zero attached hydrogens (tertiary/aromatic N) is 2. The number of phenolic OH excluding ortho intramolecular Hbond substituents is 2. The van der Waals surface area contributed by atoms with Crippen LogP contribution in [0.1, 0.15) is 37.6 Å². The monoisotopic (exact) mass is 495 g/mol. The second-order valence-corrected chi connectivity index (χ2v) is 11.3. The van der Waals surface area contributed by atoms with Crippen LogP contribution in [0, 0.1) is 5.92 Å². The minimum atomic E-state index is -4.10. The number of β-lactam (4-membered cyclic amide) rings is 1. The van der Waals surface area contributed by atoms with Gasteiger partial charge in [0.25, 0.3) is 5.91 Å². The zero-order valence-electron chi connectivity index (χ0n) is 18.6. The molecule has 1 aromatic rings. The predicted octanol–water partition coefficient (Wildman–Crippen LogP) is -0.309. The van der Waals surface area contributed by atoms with E-state index in [1.807, 2.05) is 0 Å². The second-order valence-electron chi connectivity index (χ2n) is 8.76. The molecule has 4 atom stereocenters. The maximum absolute atomic E-state index is 12.9. The van der Waals surface area contributed by atoms with Gasteiger partial charge in [-0.1, -0.05) is 13.8 Å². The van der Waals surface area contributed by atoms with Crippen molar-refractivity contribution in [3.63, 3.8) is 0 Å². The maximum atomic E-state index is 12.9. The smallest absolute Gasteiger partial charge is 0.328 e. The van der Waals surface area contributed by atoms with Crippen molar-refractivity contribution >= 4 is 39.6 Å². The van der Waals surface area contributed by atoms with E-state index in [1.165, 1.54) is 6.07 Å². The number of aliphatic imine (C=N–C) groups is 1. The normalized spacial score (nSPS) is 26.2. The van der Waals surface area contributed by atoms with Gasteiger partial charge in [-0.3, -0.25) is 19.4 Å². The number of benzene rings is 1. The highest BCUT2D eigenvalue weighted by atomic mass is 32.2. The number of fused-ring (bicyclic) bond motifs is 1. The first-order chi connectivity index (χ1) is 15.7. The fraction of sp³-hybridized carbons (Fsp3) is 0.476. The van der Waals surface area contributed by atoms with E-state index in [-0.39, 0.29) is 17.9 Å². The van der Waals surface area contributed by atoms with Crippen molar-refractivity contribution in [2.75, 3.05) is 6.54 Å². The fourth-order valence-electron chi connectivity index (χ4n) is 4.13. The molecular weight excluding hydrogens is 470 g/mol. The summed E-state index contributed by atoms with van der Waals surface area (Å²) < 4.78 is 23.7. The summed E-state index contributed by atoms with van der Waals surface area (Å²) in [6, 6.07) is 0.729. The van der Waals surface area contributed by atoms with Crippen LogP contribution < -0.4 is 5.32 Å². The number of aliphatic carboxylic acids is 1. The van der Waals surface area contributed by atoms with E-state index < -0.39 is 73.7 Å². The lowest BCUT2D eigenvalue weighted by Crippen LogP contribution is -2.57. The molecule has 2 aliphatic rings. The Bertz CT molecular complexity index is 1190. The number of amides is 2. The van der Waals surface area contributed by atoms with Crippen molar-refractivity contribution in [1.29, 1.82) is 0 Å². The number of carboxylic acid groups (broad SMARTS) is 1. The lowest BCUT2D eigenvalue weighted by molar-refractivity contribution is -0.156. The number of carbonyl (C=O) groups is 4. The summed E-state index contributed by atoms with van der Waals surface area (Å²) in [6.07, 6.45) is 0.588. The number of phenols is 2. The van der Waals surface area contributed by atoms with Gasteiger partial charge in [-0.15, -0.1) is 0 Å². The molecule has 0 aliphatic carbocycles. The average Bonchev–Trinajstić information content (AvgIpc) is 2.88. The molecule has 0 unspecified atom stereocenters. The molecule has 12 nitrogen and oxygen atoms in total. The van der Waals surface area contributed by atoms with Gasteiger partial charge in [0.05, 0.1) is 19.0 Å². The molecule has 2 aliphatic heterocycles. The first-order valence-corrected chi connectivity index (χ1v) is 11.9. The summed E-state index contributed by atoms with van der Waals surface area (Å²) in [4.78, 5) is 53.6. The largest absolute Gasteiger partial charge is 0.504 e. The summed E-state index contributed by atoms with van der Waals surface area (Å²) in [5.41, 5.74) is 0.000281. The van der Waals surface area contributed by atoms with Crippen LogP contribution in [0.5, 0.6) is 11.5 Å². The van der Waals surface area contributed by atoms with Gasteiger partial charge in [0.15, 0.2) is 33.2 Å². The number of carbonyl (C=O) groups excluding carboxylic acids is 3. The fourth-order valence-corrected chi connectivity index (χ4v) is 6.36. The summed E-state index contributed by atoms with van der Waals surface area (Å²) in [7, 11) is -4.10. The van der Waals surface area contributed by atoms with Crippen LogP contribution in [0.3, 0.4) is 0 Å². The third-order valence-electron chi connectivity index (χ3n) is 6.11. The number of hydrogen-bond donors (Lipinski definition) is 4. The van der Waals surface area contributed by atoms with Crippen LogP contribution in [-0.2, 0) is 24.2 Å². The van der Waals surface area contributed by atoms with Gasteiger partial charge in [0.1, 0.15) is 10.1 Å². The quantitative estimate of drug-likeness (QED) is 0.213. The highest BCUT2D eigenvalue weighted by Gasteiger charge is 2.69. The first kappa shape index (κ1) is 25.1. The van der Waals surface area contributed by atoms with Gasteiger partial charge in [-0.2, -0.15) is 0 Å². The number of rotatable bonds is 8. The van der Waals surface area contributed by atoms with Crippen molar-refractivity contribution in [1.82, 2.24) is 10.2 Å². The molecule has 2 fully saturated rings. The van der Waals surface area contributed by atoms with E-state index in [2.05, 4.69) is 10.3 Å². The Labute approximate surface area is 195 Å². The van der Waals surface area contributed by atoms with Crippen molar-refractivity contribution in [3.05, 3.63) is 23.8 Å². The van der Waals surface area contributed by atoms with E-state index in [0.29, 0.717) is 0 Å². The van der Waals surface area contributed by atoms with Crippen LogP contribution >= 0.6 is 0 Å². The zero-order chi connectivity index (χ0) is 25.6. The van der Waals surface area contributed by atoms with Crippen LogP contribution in [0.4, 0.5) is 0 Å². The third-order valence-corrected chi connectivity index (χ3v) is 8.77. The molecule has 13 heteroatoms. The molecule has 34 heavy (non-hydrogen) atoms. The molecule has 0 saturated carbocycles. The number of Topliss-reactive ketones (excluding diaryl/α,β-unsaturated/α-hetero) is 1. The van der Waals surface area contributed by atoms with Crippen LogP contribution in [0.2, 0.25) is 0 Å². The zero-order valence-corrected chi connectivity index (χ0v) is 19.4. The van der Waals surface area contributed by atoms with E-state index in [4.69, 9.17) is 0 Å². The molecule has 4 N–H and O–H groups in total. The molecule has 2 amide bonds. The summed E-state index contributed by atoms with van der Waals surface area (Å²) >= 11 is 0. The summed E-state index contributed by atoms with van der Waals surface area (Å²) in [5.74, 6) is -4.63. The highest BCUT2D eigenvalue weighted by molar-refractivity contribution is 7.94. The number of nitrogens with one attached hydrogen (secondary N) is 1. The van der Waals surface area contributed by atoms with Gasteiger partial charge < -0.3 is 25.5 Å². The molecule has 0 radical (unpaired) electrons. The average molecular weight is 496 g/mol. The lowest BCUT2D eigenvalue weighted by Gasteiger charge is -2.35. The molecule has 2 saturated heterocycles. The molecular formula is C21H25N3O9S. The number of sulfone groups is 1. The van der Waals surface area contributed by atoms with E-state index >= 15 is 0 Å². The van der Waals surface area contributed by atoms with Gasteiger partial charge in [0, 0.05) is 11.8 Å². The number of hydrogen-bond acceptors (Lipinski definition) is 9. The lowest BCUT2D eigenvalue weighted by atomic mass is 9.97. The Kier molecular flexibility index (Phi) is 6.44. The Morgan fingerprint density at radius 3 is 2.44 bits per heavy atom. The Hall–Kier alpha value is -3.48. The molecule has 0 spiro atoms. The molecule has 2 heterocycles. The third kappa shape index (κ3) is 4.00. The Balaban J connectivity index is 1.77. The van der Waals surface area contributed by atoms with Crippen molar-refractivity contribution in [3.8, 4) is 11.5 Å². The summed E-state index contributed by atoms with van der Waals surface area (Å²) in [6.45, 7) is 3.95. The Morgan fingerprint density at radius 2 is 1.91 bits per heavy atom. The van der Waals surface area contributed by atoms with Crippen LogP contribution in [0.25, 0.3) is 0 Å². The van der Waals surface area contributed by atoms with E-state index in [1.54, 1.807) is 13.8 Å². The highest BCUT2D eigenvalue weighted by Crippen LogP contribution is 2.45. The minimum absolute atomic E-state index is 0.000281. The van der Waals surface area contributed by atoms with Crippen molar-refractivity contribution in [2.24, 2.45) is 10.9 Å². The van der Waals surface area contributed by atoms with E-state index in [9.17, 15) is 42.9 Å². The van der Waals surface area contributed by atoms with Crippen molar-refractivity contribution < 1.29 is 42.9 Å². The van der Waals surface area contributed by atoms with E-state index in [0.717, 1.165) is 30.2 Å². The number of ketones is 1. The SMILES string of the molecule is CC(C)[C@H](NC(=O)c1ccc(O)c(O)c1)C(=O)CN=C[C@@]1(C)[C@H](C(=O)O)N2C(=O)C[C@H]2S1(=O)=O. The van der Waals surface area contributed by atoms with Gasteiger partial charge >= 0.3 is 5.97 Å². The van der Waals surface area contributed by atoms with Gasteiger partial charge in [-0.05, 0) is 31.0 Å². The first-order valence-electron chi connectivity index (χ1n) is 10.4. The van der Waals surface area contributed by atoms with Crippen molar-refractivity contribution in [2.45, 2.75) is 49.4 Å². The number of aromatic hydroxyl groups is 2. The Morgan fingerprint density at radius 1 is 1.26 bits per heavy atom. The minimum Gasteiger partial charge on any atom is -0.504 e. The predicted molar refractivity (Wildman–Crippen MR) is 118 cm³/mol.